The second kappa shape index (κ2) is 5.13. The minimum atomic E-state index is -0.617. The van der Waals surface area contributed by atoms with Crippen LogP contribution in [0.3, 0.4) is 0 Å². The number of ether oxygens (including phenoxy) is 1. The highest BCUT2D eigenvalue weighted by Gasteiger charge is 2.53. The maximum absolute atomic E-state index is 14.5. The van der Waals surface area contributed by atoms with Crippen molar-refractivity contribution in [1.29, 1.82) is 0 Å². The number of fused-ring (bicyclic) bond motifs is 1. The zero-order chi connectivity index (χ0) is 15.3. The summed E-state index contributed by atoms with van der Waals surface area (Å²) in [6.45, 7) is 0. The number of nitrogen functional groups attached to an aromatic ring is 1. The molecule has 0 amide bonds. The van der Waals surface area contributed by atoms with Crippen LogP contribution in [0.15, 0.2) is 23.2 Å². The molecular formula is C16H20FN3OS. The molecule has 4 N–H and O–H groups in total. The fourth-order valence-electron chi connectivity index (χ4n) is 3.71. The molecule has 0 bridgehead atoms. The number of nitrogens with two attached hydrogens (primary N) is 2. The highest BCUT2D eigenvalue weighted by atomic mass is 32.2. The molecular weight excluding hydrogens is 301 g/mol. The summed E-state index contributed by atoms with van der Waals surface area (Å²) < 4.78 is 20.6. The molecule has 1 aromatic rings. The van der Waals surface area contributed by atoms with Gasteiger partial charge in [-0.25, -0.2) is 4.39 Å². The van der Waals surface area contributed by atoms with Crippen molar-refractivity contribution in [2.75, 3.05) is 11.5 Å². The molecule has 4 nitrogen and oxygen atoms in total. The van der Waals surface area contributed by atoms with Crippen molar-refractivity contribution in [1.82, 2.24) is 0 Å². The summed E-state index contributed by atoms with van der Waals surface area (Å²) in [5.74, 6) is 0.841. The molecule has 0 spiro atoms. The van der Waals surface area contributed by atoms with Crippen molar-refractivity contribution in [2.45, 2.75) is 43.4 Å². The minimum Gasteiger partial charge on any atom is -0.399 e. The first-order chi connectivity index (χ1) is 10.6. The Labute approximate surface area is 133 Å². The predicted octanol–water partition coefficient (Wildman–Crippen LogP) is 2.62. The number of halogens is 1. The normalized spacial score (nSPS) is 34.3. The molecule has 2 saturated carbocycles. The van der Waals surface area contributed by atoms with Gasteiger partial charge < -0.3 is 16.2 Å². The molecule has 2 fully saturated rings. The Morgan fingerprint density at radius 1 is 1.27 bits per heavy atom. The maximum Gasteiger partial charge on any atom is 0.154 e. The van der Waals surface area contributed by atoms with Crippen molar-refractivity contribution >= 4 is 22.6 Å². The molecule has 118 valence electrons. The second-order valence-electron chi connectivity index (χ2n) is 6.52. The van der Waals surface area contributed by atoms with E-state index in [1.54, 1.807) is 23.9 Å². The Balaban J connectivity index is 1.75. The second-order valence-corrected chi connectivity index (χ2v) is 7.56. The lowest BCUT2D eigenvalue weighted by molar-refractivity contribution is 0.0401. The van der Waals surface area contributed by atoms with Gasteiger partial charge in [0, 0.05) is 29.3 Å². The number of rotatable bonds is 3. The minimum absolute atomic E-state index is 0.133. The third-order valence-corrected chi connectivity index (χ3v) is 5.83. The molecule has 3 aliphatic rings. The molecule has 0 unspecified atom stereocenters. The van der Waals surface area contributed by atoms with Crippen LogP contribution in [0.1, 0.15) is 31.2 Å². The number of hydrogen-bond acceptors (Lipinski definition) is 5. The van der Waals surface area contributed by atoms with Crippen LogP contribution < -0.4 is 11.5 Å². The van der Waals surface area contributed by atoms with Gasteiger partial charge in [-0.1, -0.05) is 11.8 Å². The fourth-order valence-corrected chi connectivity index (χ4v) is 4.72. The largest absolute Gasteiger partial charge is 0.399 e. The van der Waals surface area contributed by atoms with E-state index in [0.717, 1.165) is 25.0 Å². The Morgan fingerprint density at radius 2 is 2.09 bits per heavy atom. The van der Waals surface area contributed by atoms with Gasteiger partial charge in [0.15, 0.2) is 5.17 Å². The van der Waals surface area contributed by atoms with Gasteiger partial charge >= 0.3 is 0 Å². The molecule has 3 atom stereocenters. The van der Waals surface area contributed by atoms with Crippen molar-refractivity contribution < 1.29 is 9.13 Å². The number of aliphatic imine (C=N–C) groups is 1. The fraction of sp³-hybridized carbons (Fsp3) is 0.562. The zero-order valence-electron chi connectivity index (χ0n) is 12.3. The van der Waals surface area contributed by atoms with E-state index >= 15 is 0 Å². The standard InChI is InChI=1S/C16H20FN3OS/c17-14-4-1-10(18)6-13(14)16-7-12(21-11-2-3-11)5-9(16)8-22-15(19)20-16/h1,4,6,9,11-12H,2-3,5,7-8,18H2,(H2,19,20)/t9-,12-,16-/m0/s1. The van der Waals surface area contributed by atoms with Crippen LogP contribution in [0.5, 0.6) is 0 Å². The Morgan fingerprint density at radius 3 is 2.86 bits per heavy atom. The molecule has 4 rings (SSSR count). The van der Waals surface area contributed by atoms with Gasteiger partial charge in [0.2, 0.25) is 0 Å². The van der Waals surface area contributed by atoms with E-state index in [1.165, 1.54) is 6.07 Å². The topological polar surface area (TPSA) is 73.6 Å². The Kier molecular flexibility index (Phi) is 3.34. The Hall–Kier alpha value is -1.27. The number of benzene rings is 1. The van der Waals surface area contributed by atoms with Gasteiger partial charge in [-0.15, -0.1) is 0 Å². The van der Waals surface area contributed by atoms with Gasteiger partial charge in [0.05, 0.1) is 17.7 Å². The third-order valence-electron chi connectivity index (χ3n) is 4.87. The lowest BCUT2D eigenvalue weighted by atomic mass is 9.81. The molecule has 0 saturated heterocycles. The third kappa shape index (κ3) is 2.38. The summed E-state index contributed by atoms with van der Waals surface area (Å²) in [4.78, 5) is 4.71. The average molecular weight is 321 g/mol. The SMILES string of the molecule is NC1=N[C@@]2(c3cc(N)ccc3F)C[C@@H](OC3CC3)C[C@H]2CS1. The van der Waals surface area contributed by atoms with E-state index in [4.69, 9.17) is 21.2 Å². The molecule has 0 radical (unpaired) electrons. The van der Waals surface area contributed by atoms with E-state index in [-0.39, 0.29) is 17.8 Å². The van der Waals surface area contributed by atoms with Crippen LogP contribution in [0.2, 0.25) is 0 Å². The monoisotopic (exact) mass is 321 g/mol. The molecule has 1 heterocycles. The number of nitrogens with zero attached hydrogens (tertiary/aromatic N) is 1. The smallest absolute Gasteiger partial charge is 0.154 e. The van der Waals surface area contributed by atoms with E-state index < -0.39 is 5.54 Å². The van der Waals surface area contributed by atoms with Crippen molar-refractivity contribution in [2.24, 2.45) is 16.6 Å². The van der Waals surface area contributed by atoms with E-state index in [1.807, 2.05) is 0 Å². The van der Waals surface area contributed by atoms with Crippen LogP contribution in [-0.4, -0.2) is 23.1 Å². The summed E-state index contributed by atoms with van der Waals surface area (Å²) in [7, 11) is 0. The molecule has 2 aliphatic carbocycles. The van der Waals surface area contributed by atoms with Gasteiger partial charge in [-0.05, 0) is 37.5 Å². The maximum atomic E-state index is 14.5. The quantitative estimate of drug-likeness (QED) is 0.839. The molecule has 22 heavy (non-hydrogen) atoms. The van der Waals surface area contributed by atoms with E-state index in [2.05, 4.69) is 0 Å². The van der Waals surface area contributed by atoms with Crippen molar-refractivity contribution in [3.63, 3.8) is 0 Å². The molecule has 6 heteroatoms. The first-order valence-corrected chi connectivity index (χ1v) is 8.74. The van der Waals surface area contributed by atoms with Gasteiger partial charge in [0.25, 0.3) is 0 Å². The van der Waals surface area contributed by atoms with Gasteiger partial charge in [-0.3, -0.25) is 4.99 Å². The number of anilines is 1. The lowest BCUT2D eigenvalue weighted by Crippen LogP contribution is -2.37. The molecule has 0 aromatic heterocycles. The van der Waals surface area contributed by atoms with Crippen LogP contribution in [0.25, 0.3) is 0 Å². The highest BCUT2D eigenvalue weighted by molar-refractivity contribution is 8.13. The average Bonchev–Trinajstić information content (AvgIpc) is 3.20. The van der Waals surface area contributed by atoms with Gasteiger partial charge in [0.1, 0.15) is 5.82 Å². The molecule has 1 aliphatic heterocycles. The van der Waals surface area contributed by atoms with Crippen molar-refractivity contribution in [3.05, 3.63) is 29.6 Å². The zero-order valence-corrected chi connectivity index (χ0v) is 13.1. The van der Waals surface area contributed by atoms with Crippen molar-refractivity contribution in [3.8, 4) is 0 Å². The molecule has 1 aromatic carbocycles. The summed E-state index contributed by atoms with van der Waals surface area (Å²) in [6.07, 6.45) is 4.40. The van der Waals surface area contributed by atoms with E-state index in [9.17, 15) is 4.39 Å². The number of amidine groups is 1. The van der Waals surface area contributed by atoms with E-state index in [0.29, 0.717) is 28.9 Å². The van der Waals surface area contributed by atoms with Crippen LogP contribution in [0, 0.1) is 11.7 Å². The first kappa shape index (κ1) is 14.3. The van der Waals surface area contributed by atoms with Gasteiger partial charge in [-0.2, -0.15) is 0 Å². The van der Waals surface area contributed by atoms with Crippen LogP contribution >= 0.6 is 11.8 Å². The lowest BCUT2D eigenvalue weighted by Gasteiger charge is -2.35. The number of thioether (sulfide) groups is 1. The summed E-state index contributed by atoms with van der Waals surface area (Å²) in [5, 5.41) is 0.533. The predicted molar refractivity (Wildman–Crippen MR) is 87.2 cm³/mol. The number of hydrogen-bond donors (Lipinski definition) is 2. The summed E-state index contributed by atoms with van der Waals surface area (Å²) in [5.41, 5.74) is 12.4. The summed E-state index contributed by atoms with van der Waals surface area (Å²) in [6, 6.07) is 4.73. The summed E-state index contributed by atoms with van der Waals surface area (Å²) >= 11 is 1.55. The highest BCUT2D eigenvalue weighted by Crippen LogP contribution is 2.53. The van der Waals surface area contributed by atoms with Crippen LogP contribution in [-0.2, 0) is 10.3 Å². The first-order valence-electron chi connectivity index (χ1n) is 7.76. The van der Waals surface area contributed by atoms with Crippen LogP contribution in [0.4, 0.5) is 10.1 Å². The Bertz CT molecular complexity index is 634.